The van der Waals surface area contributed by atoms with Crippen molar-refractivity contribution in [2.75, 3.05) is 6.61 Å². The number of ether oxygens (including phenoxy) is 1. The van der Waals surface area contributed by atoms with Crippen molar-refractivity contribution in [2.45, 2.75) is 33.8 Å². The number of halogens is 1. The highest BCUT2D eigenvalue weighted by atomic mass is 19.1. The van der Waals surface area contributed by atoms with Crippen LogP contribution >= 0.6 is 0 Å². The lowest BCUT2D eigenvalue weighted by Crippen LogP contribution is -2.12. The molecule has 0 heterocycles. The molecule has 0 saturated heterocycles. The highest BCUT2D eigenvalue weighted by Crippen LogP contribution is 2.18. The van der Waals surface area contributed by atoms with Gasteiger partial charge < -0.3 is 10.5 Å². The Morgan fingerprint density at radius 2 is 2.00 bits per heavy atom. The molecule has 0 amide bonds. The van der Waals surface area contributed by atoms with Gasteiger partial charge >= 0.3 is 0 Å². The van der Waals surface area contributed by atoms with Gasteiger partial charge in [-0.25, -0.2) is 4.39 Å². The first-order valence-electron chi connectivity index (χ1n) is 5.99. The van der Waals surface area contributed by atoms with E-state index >= 15 is 0 Å². The number of amidine groups is 1. The van der Waals surface area contributed by atoms with Crippen molar-refractivity contribution in [1.29, 1.82) is 5.41 Å². The van der Waals surface area contributed by atoms with Crippen molar-refractivity contribution in [2.24, 2.45) is 11.1 Å². The zero-order valence-electron chi connectivity index (χ0n) is 11.2. The molecule has 4 heteroatoms. The zero-order valence-corrected chi connectivity index (χ0v) is 11.2. The lowest BCUT2D eigenvalue weighted by molar-refractivity contribution is 0.0960. The quantitative estimate of drug-likeness (QED) is 0.480. The third-order valence-electron chi connectivity index (χ3n) is 2.53. The third-order valence-corrected chi connectivity index (χ3v) is 2.53. The van der Waals surface area contributed by atoms with E-state index in [0.29, 0.717) is 24.3 Å². The molecule has 0 aromatic heterocycles. The number of nitrogen functional groups attached to an aromatic ring is 1. The molecule has 1 aromatic carbocycles. The van der Waals surface area contributed by atoms with Gasteiger partial charge in [0.1, 0.15) is 11.7 Å². The molecule has 0 aliphatic carbocycles. The average molecular weight is 252 g/mol. The van der Waals surface area contributed by atoms with Gasteiger partial charge in [-0.3, -0.25) is 5.41 Å². The van der Waals surface area contributed by atoms with Crippen LogP contribution in [0.5, 0.6) is 0 Å². The van der Waals surface area contributed by atoms with E-state index < -0.39 is 5.82 Å². The minimum Gasteiger partial charge on any atom is -0.384 e. The van der Waals surface area contributed by atoms with Crippen LogP contribution in [0.4, 0.5) is 4.39 Å². The predicted molar refractivity (Wildman–Crippen MR) is 71.1 cm³/mol. The summed E-state index contributed by atoms with van der Waals surface area (Å²) in [7, 11) is 0. The number of benzene rings is 1. The summed E-state index contributed by atoms with van der Waals surface area (Å²) < 4.78 is 18.8. The van der Waals surface area contributed by atoms with Gasteiger partial charge in [0.25, 0.3) is 0 Å². The number of nitrogens with two attached hydrogens (primary N) is 1. The van der Waals surface area contributed by atoms with Crippen molar-refractivity contribution in [1.82, 2.24) is 0 Å². The van der Waals surface area contributed by atoms with E-state index in [1.165, 1.54) is 12.1 Å². The van der Waals surface area contributed by atoms with Crippen LogP contribution in [0.1, 0.15) is 38.3 Å². The highest BCUT2D eigenvalue weighted by Gasteiger charge is 2.09. The Morgan fingerprint density at radius 1 is 1.33 bits per heavy atom. The molecule has 0 aliphatic rings. The normalized spacial score (nSPS) is 11.6. The fourth-order valence-electron chi connectivity index (χ4n) is 1.46. The summed E-state index contributed by atoms with van der Waals surface area (Å²) >= 11 is 0. The molecule has 0 bridgehead atoms. The monoisotopic (exact) mass is 252 g/mol. The molecule has 1 aromatic rings. The summed E-state index contributed by atoms with van der Waals surface area (Å²) in [4.78, 5) is 0. The summed E-state index contributed by atoms with van der Waals surface area (Å²) in [5, 5.41) is 7.29. The molecule has 100 valence electrons. The first-order valence-corrected chi connectivity index (χ1v) is 5.99. The summed E-state index contributed by atoms with van der Waals surface area (Å²) in [6, 6.07) is 4.34. The van der Waals surface area contributed by atoms with Crippen molar-refractivity contribution < 1.29 is 9.13 Å². The van der Waals surface area contributed by atoms with Crippen LogP contribution in [0.3, 0.4) is 0 Å². The maximum absolute atomic E-state index is 13.3. The van der Waals surface area contributed by atoms with E-state index in [0.717, 1.165) is 6.42 Å². The van der Waals surface area contributed by atoms with Gasteiger partial charge in [-0.1, -0.05) is 20.8 Å². The smallest absolute Gasteiger partial charge is 0.124 e. The molecule has 0 atom stereocenters. The molecule has 0 saturated carbocycles. The summed E-state index contributed by atoms with van der Waals surface area (Å²) in [5.74, 6) is -0.525. The molecule has 0 aliphatic heterocycles. The molecule has 0 radical (unpaired) electrons. The van der Waals surface area contributed by atoms with Crippen LogP contribution < -0.4 is 5.73 Å². The SMILES string of the molecule is CC(C)(C)CCOCc1cc(F)cc(C(=N)N)c1. The van der Waals surface area contributed by atoms with Crippen LogP contribution in [0.15, 0.2) is 18.2 Å². The fourth-order valence-corrected chi connectivity index (χ4v) is 1.46. The Morgan fingerprint density at radius 3 is 2.56 bits per heavy atom. The Balaban J connectivity index is 2.55. The molecule has 3 nitrogen and oxygen atoms in total. The topological polar surface area (TPSA) is 59.1 Å². The standard InChI is InChI=1S/C14H21FN2O/c1-14(2,3)4-5-18-9-10-6-11(13(16)17)8-12(15)7-10/h6-8H,4-5,9H2,1-3H3,(H3,16,17). The summed E-state index contributed by atoms with van der Waals surface area (Å²) in [6.07, 6.45) is 0.946. The maximum atomic E-state index is 13.3. The minimum atomic E-state index is -0.392. The van der Waals surface area contributed by atoms with Gasteiger partial charge in [-0.05, 0) is 35.6 Å². The van der Waals surface area contributed by atoms with E-state index in [2.05, 4.69) is 20.8 Å². The Labute approximate surface area is 108 Å². The van der Waals surface area contributed by atoms with Gasteiger partial charge in [0.15, 0.2) is 0 Å². The molecule has 0 spiro atoms. The van der Waals surface area contributed by atoms with Crippen LogP contribution in [0.2, 0.25) is 0 Å². The number of hydrogen-bond acceptors (Lipinski definition) is 2. The van der Waals surface area contributed by atoms with Crippen molar-refractivity contribution in [3.8, 4) is 0 Å². The second-order valence-electron chi connectivity index (χ2n) is 5.63. The Kier molecular flexibility index (Phi) is 4.84. The van der Waals surface area contributed by atoms with Crippen molar-refractivity contribution in [3.63, 3.8) is 0 Å². The largest absolute Gasteiger partial charge is 0.384 e. The number of hydrogen-bond donors (Lipinski definition) is 2. The lowest BCUT2D eigenvalue weighted by atomic mass is 9.93. The van der Waals surface area contributed by atoms with E-state index in [1.807, 2.05) is 0 Å². The van der Waals surface area contributed by atoms with Gasteiger partial charge in [0.05, 0.1) is 6.61 Å². The molecule has 3 N–H and O–H groups in total. The first kappa shape index (κ1) is 14.6. The lowest BCUT2D eigenvalue weighted by Gasteiger charge is -2.17. The van der Waals surface area contributed by atoms with Gasteiger partial charge in [0.2, 0.25) is 0 Å². The molecule has 0 unspecified atom stereocenters. The summed E-state index contributed by atoms with van der Waals surface area (Å²) in [5.41, 5.74) is 6.66. The van der Waals surface area contributed by atoms with Crippen LogP contribution in [-0.4, -0.2) is 12.4 Å². The molecular weight excluding hydrogens is 231 g/mol. The van der Waals surface area contributed by atoms with Gasteiger partial charge in [-0.2, -0.15) is 0 Å². The molecular formula is C14H21FN2O. The zero-order chi connectivity index (χ0) is 13.8. The van der Waals surface area contributed by atoms with Crippen LogP contribution in [0.25, 0.3) is 0 Å². The van der Waals surface area contributed by atoms with E-state index in [1.54, 1.807) is 6.07 Å². The van der Waals surface area contributed by atoms with Crippen molar-refractivity contribution in [3.05, 3.63) is 35.1 Å². The Hall–Kier alpha value is -1.42. The third kappa shape index (κ3) is 5.27. The number of rotatable bonds is 5. The molecule has 0 fully saturated rings. The average Bonchev–Trinajstić information content (AvgIpc) is 2.22. The fraction of sp³-hybridized carbons (Fsp3) is 0.500. The molecule has 1 rings (SSSR count). The second kappa shape index (κ2) is 5.96. The van der Waals surface area contributed by atoms with Gasteiger partial charge in [-0.15, -0.1) is 0 Å². The predicted octanol–water partition coefficient (Wildman–Crippen LogP) is 3.06. The van der Waals surface area contributed by atoms with Crippen LogP contribution in [0, 0.1) is 16.6 Å². The molecule has 18 heavy (non-hydrogen) atoms. The first-order chi connectivity index (χ1) is 8.28. The van der Waals surface area contributed by atoms with E-state index in [-0.39, 0.29) is 11.3 Å². The van der Waals surface area contributed by atoms with Crippen molar-refractivity contribution >= 4 is 5.84 Å². The Bertz CT molecular complexity index is 424. The summed E-state index contributed by atoms with van der Waals surface area (Å²) in [6.45, 7) is 7.41. The minimum absolute atomic E-state index is 0.134. The van der Waals surface area contributed by atoms with E-state index in [4.69, 9.17) is 15.9 Å². The van der Waals surface area contributed by atoms with Gasteiger partial charge in [0, 0.05) is 12.2 Å². The van der Waals surface area contributed by atoms with E-state index in [9.17, 15) is 4.39 Å². The highest BCUT2D eigenvalue weighted by molar-refractivity contribution is 5.95. The number of nitrogens with one attached hydrogen (secondary N) is 1. The second-order valence-corrected chi connectivity index (χ2v) is 5.63. The maximum Gasteiger partial charge on any atom is 0.124 e. The van der Waals surface area contributed by atoms with Crippen LogP contribution in [-0.2, 0) is 11.3 Å².